The van der Waals surface area contributed by atoms with Gasteiger partial charge in [0.05, 0.1) is 5.02 Å². The Kier molecular flexibility index (Phi) is 8.28. The summed E-state index contributed by atoms with van der Waals surface area (Å²) in [6, 6.07) is 3.81. The lowest BCUT2D eigenvalue weighted by Crippen LogP contribution is -2.46. The van der Waals surface area contributed by atoms with Crippen LogP contribution in [-0.4, -0.2) is 50.1 Å². The average Bonchev–Trinajstić information content (AvgIpc) is 2.62. The van der Waals surface area contributed by atoms with Gasteiger partial charge in [0.2, 0.25) is 5.91 Å². The molecule has 1 unspecified atom stereocenters. The first-order chi connectivity index (χ1) is 12.6. The molecule has 1 atom stereocenters. The second kappa shape index (κ2) is 10.2. The third-order valence-electron chi connectivity index (χ3n) is 4.63. The summed E-state index contributed by atoms with van der Waals surface area (Å²) in [4.78, 5) is 17.8. The number of primary amides is 1. The number of rotatable bonds is 4. The number of carbonyl (C=O) groups is 1. The van der Waals surface area contributed by atoms with E-state index in [9.17, 15) is 4.79 Å². The normalized spacial score (nSPS) is 19.3. The monoisotopic (exact) mass is 508 g/mol. The van der Waals surface area contributed by atoms with Gasteiger partial charge in [-0.15, -0.1) is 24.0 Å². The SMILES string of the molecule is CN=C(NCc1cc(Cl)c2c(c1)OCCO2)N1CCCC(CC(N)=O)C1.I. The number of fused-ring (bicyclic) bond motifs is 1. The Morgan fingerprint density at radius 1 is 1.41 bits per heavy atom. The molecular weight excluding hydrogens is 483 g/mol. The van der Waals surface area contributed by atoms with Crippen LogP contribution in [0.2, 0.25) is 5.02 Å². The van der Waals surface area contributed by atoms with E-state index in [1.165, 1.54) is 0 Å². The molecule has 2 aliphatic rings. The highest BCUT2D eigenvalue weighted by atomic mass is 127. The molecule has 7 nitrogen and oxygen atoms in total. The van der Waals surface area contributed by atoms with Gasteiger partial charge >= 0.3 is 0 Å². The van der Waals surface area contributed by atoms with E-state index in [-0.39, 0.29) is 35.8 Å². The Balaban J connectivity index is 0.00000261. The van der Waals surface area contributed by atoms with Crippen molar-refractivity contribution in [1.82, 2.24) is 10.2 Å². The predicted octanol–water partition coefficient (Wildman–Crippen LogP) is 2.39. The lowest BCUT2D eigenvalue weighted by molar-refractivity contribution is -0.119. The Morgan fingerprint density at radius 3 is 2.93 bits per heavy atom. The van der Waals surface area contributed by atoms with Crippen LogP contribution in [0.1, 0.15) is 24.8 Å². The minimum atomic E-state index is -0.245. The summed E-state index contributed by atoms with van der Waals surface area (Å²) in [7, 11) is 1.76. The smallest absolute Gasteiger partial charge is 0.217 e. The number of piperidine rings is 1. The molecule has 27 heavy (non-hydrogen) atoms. The number of carbonyl (C=O) groups excluding carboxylic acids is 1. The Labute approximate surface area is 181 Å². The summed E-state index contributed by atoms with van der Waals surface area (Å²) in [6.45, 7) is 3.30. The Morgan fingerprint density at radius 2 is 2.19 bits per heavy atom. The molecule has 0 radical (unpaired) electrons. The van der Waals surface area contributed by atoms with E-state index in [0.717, 1.165) is 37.5 Å². The van der Waals surface area contributed by atoms with Crippen molar-refractivity contribution in [2.75, 3.05) is 33.4 Å². The highest BCUT2D eigenvalue weighted by Crippen LogP contribution is 2.38. The van der Waals surface area contributed by atoms with Crippen LogP contribution in [0.15, 0.2) is 17.1 Å². The van der Waals surface area contributed by atoms with Crippen LogP contribution in [0.5, 0.6) is 11.5 Å². The van der Waals surface area contributed by atoms with Crippen LogP contribution in [0.4, 0.5) is 0 Å². The Bertz CT molecular complexity index is 701. The number of aliphatic imine (C=N–C) groups is 1. The van der Waals surface area contributed by atoms with Gasteiger partial charge < -0.3 is 25.4 Å². The van der Waals surface area contributed by atoms with Gasteiger partial charge in [-0.25, -0.2) is 0 Å². The van der Waals surface area contributed by atoms with E-state index in [0.29, 0.717) is 42.7 Å². The number of amides is 1. The van der Waals surface area contributed by atoms with E-state index < -0.39 is 0 Å². The van der Waals surface area contributed by atoms with Crippen molar-refractivity contribution in [2.24, 2.45) is 16.6 Å². The van der Waals surface area contributed by atoms with Gasteiger partial charge in [0.1, 0.15) is 13.2 Å². The lowest BCUT2D eigenvalue weighted by Gasteiger charge is -2.34. The molecule has 3 N–H and O–H groups in total. The molecule has 1 aromatic rings. The summed E-state index contributed by atoms with van der Waals surface area (Å²) in [5.41, 5.74) is 6.34. The molecule has 0 aliphatic carbocycles. The molecule has 1 amide bonds. The molecule has 2 heterocycles. The third-order valence-corrected chi connectivity index (χ3v) is 4.91. The zero-order valence-corrected chi connectivity index (χ0v) is 18.5. The van der Waals surface area contributed by atoms with Crippen LogP contribution >= 0.6 is 35.6 Å². The average molecular weight is 509 g/mol. The number of likely N-dealkylation sites (tertiary alicyclic amines) is 1. The molecule has 9 heteroatoms. The number of ether oxygens (including phenoxy) is 2. The van der Waals surface area contributed by atoms with E-state index in [1.54, 1.807) is 7.05 Å². The Hall–Kier alpha value is -1.42. The van der Waals surface area contributed by atoms with Crippen LogP contribution in [0.3, 0.4) is 0 Å². The number of guanidine groups is 1. The zero-order valence-electron chi connectivity index (χ0n) is 15.4. The third kappa shape index (κ3) is 5.78. The van der Waals surface area contributed by atoms with Gasteiger partial charge in [-0.2, -0.15) is 0 Å². The van der Waals surface area contributed by atoms with Gasteiger partial charge in [-0.3, -0.25) is 9.79 Å². The maximum Gasteiger partial charge on any atom is 0.217 e. The first-order valence-corrected chi connectivity index (χ1v) is 9.26. The molecule has 1 aromatic carbocycles. The highest BCUT2D eigenvalue weighted by Gasteiger charge is 2.24. The number of nitrogens with two attached hydrogens (primary N) is 1. The standard InChI is InChI=1S/C18H25ClN4O3.HI/c1-21-18(23-4-2-3-12(11-23)9-16(20)24)22-10-13-7-14(19)17-15(8-13)25-5-6-26-17;/h7-8,12H,2-6,9-11H2,1H3,(H2,20,24)(H,21,22);1H. The fourth-order valence-electron chi connectivity index (χ4n) is 3.49. The fraction of sp³-hybridized carbons (Fsp3) is 0.556. The maximum atomic E-state index is 11.2. The summed E-state index contributed by atoms with van der Waals surface area (Å²) < 4.78 is 11.2. The van der Waals surface area contributed by atoms with Crippen molar-refractivity contribution < 1.29 is 14.3 Å². The van der Waals surface area contributed by atoms with Crippen LogP contribution in [-0.2, 0) is 11.3 Å². The van der Waals surface area contributed by atoms with E-state index >= 15 is 0 Å². The number of hydrogen-bond donors (Lipinski definition) is 2. The van der Waals surface area contributed by atoms with Crippen LogP contribution in [0.25, 0.3) is 0 Å². The van der Waals surface area contributed by atoms with Gasteiger partial charge in [-0.1, -0.05) is 11.6 Å². The number of benzene rings is 1. The van der Waals surface area contributed by atoms with Crippen molar-refractivity contribution in [3.63, 3.8) is 0 Å². The van der Waals surface area contributed by atoms with Gasteiger partial charge in [-0.05, 0) is 36.5 Å². The van der Waals surface area contributed by atoms with Crippen LogP contribution < -0.4 is 20.5 Å². The minimum Gasteiger partial charge on any atom is -0.486 e. The van der Waals surface area contributed by atoms with Gasteiger partial charge in [0.15, 0.2) is 17.5 Å². The van der Waals surface area contributed by atoms with E-state index in [1.807, 2.05) is 12.1 Å². The zero-order chi connectivity index (χ0) is 18.5. The minimum absolute atomic E-state index is 0. The second-order valence-corrected chi connectivity index (χ2v) is 7.03. The summed E-state index contributed by atoms with van der Waals surface area (Å²) >= 11 is 6.30. The van der Waals surface area contributed by atoms with Crippen LogP contribution in [0, 0.1) is 5.92 Å². The largest absolute Gasteiger partial charge is 0.486 e. The number of nitrogens with zero attached hydrogens (tertiary/aromatic N) is 2. The van der Waals surface area contributed by atoms with Crippen molar-refractivity contribution in [3.05, 3.63) is 22.7 Å². The second-order valence-electron chi connectivity index (χ2n) is 6.63. The molecular formula is C18H26ClIN4O3. The predicted molar refractivity (Wildman–Crippen MR) is 116 cm³/mol. The summed E-state index contributed by atoms with van der Waals surface area (Å²) in [5, 5.41) is 3.92. The van der Waals surface area contributed by atoms with Crippen molar-refractivity contribution in [2.45, 2.75) is 25.8 Å². The number of hydrogen-bond acceptors (Lipinski definition) is 4. The summed E-state index contributed by atoms with van der Waals surface area (Å²) in [6.07, 6.45) is 2.47. The van der Waals surface area contributed by atoms with Crippen molar-refractivity contribution >= 4 is 47.4 Å². The molecule has 2 aliphatic heterocycles. The molecule has 0 aromatic heterocycles. The van der Waals surface area contributed by atoms with Gasteiger partial charge in [0.25, 0.3) is 0 Å². The number of nitrogens with one attached hydrogen (secondary N) is 1. The fourth-order valence-corrected chi connectivity index (χ4v) is 3.78. The highest BCUT2D eigenvalue weighted by molar-refractivity contribution is 14.0. The first kappa shape index (κ1) is 21.9. The molecule has 150 valence electrons. The quantitative estimate of drug-likeness (QED) is 0.370. The van der Waals surface area contributed by atoms with Crippen molar-refractivity contribution in [1.29, 1.82) is 0 Å². The molecule has 1 saturated heterocycles. The van der Waals surface area contributed by atoms with E-state index in [2.05, 4.69) is 15.2 Å². The molecule has 3 rings (SSSR count). The molecule has 0 bridgehead atoms. The van der Waals surface area contributed by atoms with E-state index in [4.69, 9.17) is 26.8 Å². The first-order valence-electron chi connectivity index (χ1n) is 8.88. The number of halogens is 2. The molecule has 0 spiro atoms. The lowest BCUT2D eigenvalue weighted by atomic mass is 9.95. The maximum absolute atomic E-state index is 11.2. The molecule has 1 fully saturated rings. The molecule has 0 saturated carbocycles. The van der Waals surface area contributed by atoms with Crippen molar-refractivity contribution in [3.8, 4) is 11.5 Å². The summed E-state index contributed by atoms with van der Waals surface area (Å²) in [5.74, 6) is 2.13. The topological polar surface area (TPSA) is 89.2 Å². The van der Waals surface area contributed by atoms with Gasteiger partial charge in [0, 0.05) is 33.1 Å².